The number of hydrogen-bond acceptors (Lipinski definition) is 2. The summed E-state index contributed by atoms with van der Waals surface area (Å²) < 4.78 is 0. The molecule has 16 heavy (non-hydrogen) atoms. The number of rotatable bonds is 1. The number of nitrogens with two attached hydrogens (primary N) is 1. The second-order valence-electron chi connectivity index (χ2n) is 5.35. The minimum absolute atomic E-state index is 0.317. The van der Waals surface area contributed by atoms with Crippen molar-refractivity contribution >= 4 is 5.91 Å². The standard InChI is InChI=1S/C13H24N2O/c14-12-7-9-15(10-8-12)13(16)11-5-3-1-2-4-6-11/h11-12H,1-10,14H2. The monoisotopic (exact) mass is 224 g/mol. The zero-order valence-corrected chi connectivity index (χ0v) is 10.2. The Kier molecular flexibility index (Phi) is 4.22. The predicted octanol–water partition coefficient (Wildman–Crippen LogP) is 1.91. The van der Waals surface area contributed by atoms with Gasteiger partial charge < -0.3 is 10.6 Å². The lowest BCUT2D eigenvalue weighted by molar-refractivity contribution is -0.137. The molecule has 2 aliphatic rings. The summed E-state index contributed by atoms with van der Waals surface area (Å²) in [6.45, 7) is 1.77. The highest BCUT2D eigenvalue weighted by atomic mass is 16.2. The Balaban J connectivity index is 1.85. The summed E-state index contributed by atoms with van der Waals surface area (Å²) in [7, 11) is 0. The molecule has 0 unspecified atom stereocenters. The highest BCUT2D eigenvalue weighted by molar-refractivity contribution is 5.78. The van der Waals surface area contributed by atoms with Crippen molar-refractivity contribution in [2.45, 2.75) is 57.4 Å². The third kappa shape index (κ3) is 2.97. The number of piperidine rings is 1. The zero-order chi connectivity index (χ0) is 11.4. The number of carbonyl (C=O) groups excluding carboxylic acids is 1. The molecule has 0 aromatic carbocycles. The molecule has 92 valence electrons. The van der Waals surface area contributed by atoms with Crippen molar-refractivity contribution in [3.05, 3.63) is 0 Å². The van der Waals surface area contributed by atoms with Crippen LogP contribution >= 0.6 is 0 Å². The van der Waals surface area contributed by atoms with Gasteiger partial charge >= 0.3 is 0 Å². The first-order chi connectivity index (χ1) is 7.77. The van der Waals surface area contributed by atoms with Gasteiger partial charge in [0, 0.05) is 25.0 Å². The first-order valence-corrected chi connectivity index (χ1v) is 6.82. The van der Waals surface area contributed by atoms with Crippen LogP contribution < -0.4 is 5.73 Å². The van der Waals surface area contributed by atoms with Gasteiger partial charge in [0.25, 0.3) is 0 Å². The topological polar surface area (TPSA) is 46.3 Å². The average molecular weight is 224 g/mol. The molecular formula is C13H24N2O. The molecule has 3 nitrogen and oxygen atoms in total. The van der Waals surface area contributed by atoms with Gasteiger partial charge in [-0.1, -0.05) is 25.7 Å². The quantitative estimate of drug-likeness (QED) is 0.692. The van der Waals surface area contributed by atoms with Gasteiger partial charge in [-0.25, -0.2) is 0 Å². The molecule has 2 N–H and O–H groups in total. The molecule has 1 aliphatic carbocycles. The lowest BCUT2D eigenvalue weighted by Gasteiger charge is -2.32. The van der Waals surface area contributed by atoms with Crippen molar-refractivity contribution < 1.29 is 4.79 Å². The van der Waals surface area contributed by atoms with Crippen molar-refractivity contribution in [3.8, 4) is 0 Å². The average Bonchev–Trinajstić information content (AvgIpc) is 2.57. The van der Waals surface area contributed by atoms with Gasteiger partial charge in [0.1, 0.15) is 0 Å². The van der Waals surface area contributed by atoms with E-state index in [9.17, 15) is 4.79 Å². The van der Waals surface area contributed by atoms with Crippen molar-refractivity contribution in [1.82, 2.24) is 4.90 Å². The second kappa shape index (κ2) is 5.67. The summed E-state index contributed by atoms with van der Waals surface area (Å²) in [6, 6.07) is 0.318. The molecule has 0 aromatic rings. The molecule has 0 spiro atoms. The molecular weight excluding hydrogens is 200 g/mol. The highest BCUT2D eigenvalue weighted by Gasteiger charge is 2.27. The fraction of sp³-hybridized carbons (Fsp3) is 0.923. The van der Waals surface area contributed by atoms with Gasteiger partial charge in [-0.2, -0.15) is 0 Å². The SMILES string of the molecule is NC1CCN(C(=O)C2CCCCCC2)CC1. The first kappa shape index (κ1) is 11.9. The molecule has 1 amide bonds. The van der Waals surface area contributed by atoms with E-state index in [0.29, 0.717) is 17.9 Å². The Morgan fingerprint density at radius 2 is 1.50 bits per heavy atom. The first-order valence-electron chi connectivity index (χ1n) is 6.82. The molecule has 2 fully saturated rings. The van der Waals surface area contributed by atoms with Crippen LogP contribution in [0.3, 0.4) is 0 Å². The number of hydrogen-bond donors (Lipinski definition) is 1. The maximum atomic E-state index is 12.3. The summed E-state index contributed by atoms with van der Waals surface area (Å²) in [5.41, 5.74) is 5.86. The number of nitrogens with zero attached hydrogens (tertiary/aromatic N) is 1. The van der Waals surface area contributed by atoms with Crippen molar-refractivity contribution in [2.24, 2.45) is 11.7 Å². The van der Waals surface area contributed by atoms with Gasteiger partial charge in [-0.15, -0.1) is 0 Å². The minimum atomic E-state index is 0.317. The lowest BCUT2D eigenvalue weighted by Crippen LogP contribution is -2.45. The summed E-state index contributed by atoms with van der Waals surface area (Å²) in [5.74, 6) is 0.727. The maximum absolute atomic E-state index is 12.3. The summed E-state index contributed by atoms with van der Waals surface area (Å²) in [5, 5.41) is 0. The third-order valence-corrected chi connectivity index (χ3v) is 4.06. The van der Waals surface area contributed by atoms with Crippen LogP contribution in [-0.2, 0) is 4.79 Å². The van der Waals surface area contributed by atoms with E-state index in [4.69, 9.17) is 5.73 Å². The van der Waals surface area contributed by atoms with Crippen LogP contribution in [-0.4, -0.2) is 29.9 Å². The van der Waals surface area contributed by atoms with E-state index < -0.39 is 0 Å². The van der Waals surface area contributed by atoms with Gasteiger partial charge in [0.15, 0.2) is 0 Å². The van der Waals surface area contributed by atoms with Crippen LogP contribution in [0.2, 0.25) is 0 Å². The number of carbonyl (C=O) groups is 1. The number of amides is 1. The zero-order valence-electron chi connectivity index (χ0n) is 10.2. The molecule has 1 saturated heterocycles. The minimum Gasteiger partial charge on any atom is -0.342 e. The van der Waals surface area contributed by atoms with E-state index in [1.807, 2.05) is 0 Å². The molecule has 0 radical (unpaired) electrons. The Morgan fingerprint density at radius 3 is 2.06 bits per heavy atom. The van der Waals surface area contributed by atoms with E-state index in [2.05, 4.69) is 4.90 Å². The fourth-order valence-corrected chi connectivity index (χ4v) is 2.90. The largest absolute Gasteiger partial charge is 0.342 e. The summed E-state index contributed by atoms with van der Waals surface area (Å²) >= 11 is 0. The Hall–Kier alpha value is -0.570. The Bertz CT molecular complexity index is 226. The van der Waals surface area contributed by atoms with E-state index in [0.717, 1.165) is 38.8 Å². The van der Waals surface area contributed by atoms with Crippen LogP contribution in [0.5, 0.6) is 0 Å². The second-order valence-corrected chi connectivity index (χ2v) is 5.35. The van der Waals surface area contributed by atoms with Crippen molar-refractivity contribution in [1.29, 1.82) is 0 Å². The van der Waals surface area contributed by atoms with Crippen molar-refractivity contribution in [2.75, 3.05) is 13.1 Å². The molecule has 0 bridgehead atoms. The van der Waals surface area contributed by atoms with Gasteiger partial charge in [-0.05, 0) is 25.7 Å². The third-order valence-electron chi connectivity index (χ3n) is 4.06. The highest BCUT2D eigenvalue weighted by Crippen LogP contribution is 2.25. The van der Waals surface area contributed by atoms with E-state index >= 15 is 0 Å². The van der Waals surface area contributed by atoms with Crippen LogP contribution in [0.15, 0.2) is 0 Å². The van der Waals surface area contributed by atoms with Crippen LogP contribution in [0.4, 0.5) is 0 Å². The molecule has 1 aliphatic heterocycles. The van der Waals surface area contributed by atoms with E-state index in [1.54, 1.807) is 0 Å². The fourth-order valence-electron chi connectivity index (χ4n) is 2.90. The normalized spacial score (nSPS) is 25.4. The van der Waals surface area contributed by atoms with Crippen LogP contribution in [0.1, 0.15) is 51.4 Å². The molecule has 0 atom stereocenters. The summed E-state index contributed by atoms with van der Waals surface area (Å²) in [6.07, 6.45) is 9.30. The molecule has 0 aromatic heterocycles. The number of likely N-dealkylation sites (tertiary alicyclic amines) is 1. The Morgan fingerprint density at radius 1 is 0.938 bits per heavy atom. The molecule has 2 rings (SSSR count). The summed E-state index contributed by atoms with van der Waals surface area (Å²) in [4.78, 5) is 14.4. The Labute approximate surface area is 98.4 Å². The van der Waals surface area contributed by atoms with Crippen LogP contribution in [0.25, 0.3) is 0 Å². The van der Waals surface area contributed by atoms with Gasteiger partial charge in [0.05, 0.1) is 0 Å². The molecule has 1 heterocycles. The van der Waals surface area contributed by atoms with Gasteiger partial charge in [0.2, 0.25) is 5.91 Å². The predicted molar refractivity (Wildman–Crippen MR) is 65.0 cm³/mol. The van der Waals surface area contributed by atoms with Gasteiger partial charge in [-0.3, -0.25) is 4.79 Å². The van der Waals surface area contributed by atoms with E-state index in [1.165, 1.54) is 25.7 Å². The van der Waals surface area contributed by atoms with Crippen LogP contribution in [0, 0.1) is 5.92 Å². The molecule has 1 saturated carbocycles. The van der Waals surface area contributed by atoms with Crippen molar-refractivity contribution in [3.63, 3.8) is 0 Å². The maximum Gasteiger partial charge on any atom is 0.225 e. The van der Waals surface area contributed by atoms with E-state index in [-0.39, 0.29) is 0 Å². The molecule has 3 heteroatoms. The smallest absolute Gasteiger partial charge is 0.225 e. The lowest BCUT2D eigenvalue weighted by atomic mass is 9.96.